The summed E-state index contributed by atoms with van der Waals surface area (Å²) in [4.78, 5) is 13.6. The van der Waals surface area contributed by atoms with Crippen molar-refractivity contribution in [2.24, 2.45) is 0 Å². The molecule has 4 heterocycles. The topological polar surface area (TPSA) is 105 Å². The van der Waals surface area contributed by atoms with Crippen molar-refractivity contribution in [1.82, 2.24) is 29.1 Å². The Kier molecular flexibility index (Phi) is 5.59. The van der Waals surface area contributed by atoms with Gasteiger partial charge in [0.05, 0.1) is 29.6 Å². The number of rotatable bonds is 6. The molecule has 1 aliphatic carbocycles. The van der Waals surface area contributed by atoms with Crippen LogP contribution in [0.4, 0.5) is 20.5 Å². The van der Waals surface area contributed by atoms with Crippen molar-refractivity contribution >= 4 is 28.4 Å². The van der Waals surface area contributed by atoms with Gasteiger partial charge in [-0.25, -0.2) is 23.3 Å². The van der Waals surface area contributed by atoms with Crippen molar-refractivity contribution in [3.63, 3.8) is 0 Å². The fourth-order valence-electron chi connectivity index (χ4n) is 4.71. The highest BCUT2D eigenvalue weighted by atomic mass is 19.1. The summed E-state index contributed by atoms with van der Waals surface area (Å²) >= 11 is 0. The standard InChI is InChI=1S/C23H28F2N8O/c1-13-27-17-5-4-16(29-21(17)32(13)11-10-24)18-15(25)12-33-19(18)20(26-3)30-22(31-33)28-14-6-8-23(2,34)9-7-14/h4-5,12,14,34H,6-11H2,1-3H3,(H2,26,28,30,31). The SMILES string of the molecule is CNc1nc(NC2CCC(C)(O)CC2)nn2cc(F)c(-c3ccc4nc(C)n(CCF)c4n3)c12. The predicted molar refractivity (Wildman–Crippen MR) is 126 cm³/mol. The molecule has 5 rings (SSSR count). The molecule has 34 heavy (non-hydrogen) atoms. The predicted octanol–water partition coefficient (Wildman–Crippen LogP) is 3.71. The smallest absolute Gasteiger partial charge is 0.243 e. The van der Waals surface area contributed by atoms with Crippen LogP contribution in [-0.2, 0) is 6.54 Å². The number of aliphatic hydroxyl groups is 1. The van der Waals surface area contributed by atoms with Gasteiger partial charge in [0.15, 0.2) is 17.3 Å². The Labute approximate surface area is 195 Å². The second-order valence-corrected chi connectivity index (χ2v) is 9.13. The van der Waals surface area contributed by atoms with E-state index in [-0.39, 0.29) is 18.2 Å². The van der Waals surface area contributed by atoms with E-state index in [1.165, 1.54) is 10.7 Å². The Balaban J connectivity index is 1.55. The maximum Gasteiger partial charge on any atom is 0.243 e. The van der Waals surface area contributed by atoms with E-state index in [0.29, 0.717) is 52.8 Å². The van der Waals surface area contributed by atoms with Gasteiger partial charge in [0.1, 0.15) is 23.5 Å². The third-order valence-electron chi connectivity index (χ3n) is 6.56. The van der Waals surface area contributed by atoms with Gasteiger partial charge in [-0.05, 0) is 51.7 Å². The molecule has 0 radical (unpaired) electrons. The maximum atomic E-state index is 15.2. The van der Waals surface area contributed by atoms with Crippen LogP contribution in [0.25, 0.3) is 27.9 Å². The first-order valence-corrected chi connectivity index (χ1v) is 11.5. The highest BCUT2D eigenvalue weighted by Crippen LogP contribution is 2.34. The van der Waals surface area contributed by atoms with E-state index in [0.717, 1.165) is 12.8 Å². The number of hydrogen-bond donors (Lipinski definition) is 3. The molecule has 0 saturated heterocycles. The van der Waals surface area contributed by atoms with E-state index in [4.69, 9.17) is 0 Å². The van der Waals surface area contributed by atoms with Crippen LogP contribution in [0.1, 0.15) is 38.4 Å². The van der Waals surface area contributed by atoms with Crippen LogP contribution in [0.2, 0.25) is 0 Å². The van der Waals surface area contributed by atoms with E-state index < -0.39 is 18.1 Å². The minimum atomic E-state index is -0.635. The van der Waals surface area contributed by atoms with Gasteiger partial charge in [-0.2, -0.15) is 4.98 Å². The highest BCUT2D eigenvalue weighted by molar-refractivity contribution is 5.89. The average Bonchev–Trinajstić information content (AvgIpc) is 3.30. The first-order valence-electron chi connectivity index (χ1n) is 11.5. The van der Waals surface area contributed by atoms with Gasteiger partial charge < -0.3 is 20.3 Å². The van der Waals surface area contributed by atoms with Crippen LogP contribution in [0, 0.1) is 12.7 Å². The molecule has 0 unspecified atom stereocenters. The molecule has 3 N–H and O–H groups in total. The number of aromatic nitrogens is 6. The van der Waals surface area contributed by atoms with Crippen LogP contribution >= 0.6 is 0 Å². The van der Waals surface area contributed by atoms with Crippen molar-refractivity contribution in [2.45, 2.75) is 57.7 Å². The zero-order valence-corrected chi connectivity index (χ0v) is 19.4. The molecular weight excluding hydrogens is 442 g/mol. The third-order valence-corrected chi connectivity index (χ3v) is 6.56. The molecule has 0 amide bonds. The summed E-state index contributed by atoms with van der Waals surface area (Å²) in [6.07, 6.45) is 4.29. The summed E-state index contributed by atoms with van der Waals surface area (Å²) in [6, 6.07) is 3.59. The first-order chi connectivity index (χ1) is 16.3. The van der Waals surface area contributed by atoms with Crippen LogP contribution in [0.15, 0.2) is 18.3 Å². The Morgan fingerprint density at radius 1 is 1.21 bits per heavy atom. The molecule has 0 spiro atoms. The lowest BCUT2D eigenvalue weighted by atomic mass is 9.84. The Hall–Kier alpha value is -3.34. The number of fused-ring (bicyclic) bond motifs is 2. The van der Waals surface area contributed by atoms with E-state index in [9.17, 15) is 9.50 Å². The van der Waals surface area contributed by atoms with Crippen molar-refractivity contribution in [3.8, 4) is 11.3 Å². The maximum absolute atomic E-state index is 15.2. The van der Waals surface area contributed by atoms with Crippen molar-refractivity contribution in [1.29, 1.82) is 0 Å². The minimum absolute atomic E-state index is 0.130. The highest BCUT2D eigenvalue weighted by Gasteiger charge is 2.29. The van der Waals surface area contributed by atoms with Crippen LogP contribution < -0.4 is 10.6 Å². The minimum Gasteiger partial charge on any atom is -0.390 e. The number of anilines is 2. The van der Waals surface area contributed by atoms with Gasteiger partial charge in [-0.3, -0.25) is 0 Å². The fraction of sp³-hybridized carbons (Fsp3) is 0.478. The zero-order chi connectivity index (χ0) is 24.0. The average molecular weight is 471 g/mol. The summed E-state index contributed by atoms with van der Waals surface area (Å²) in [6.45, 7) is 3.23. The van der Waals surface area contributed by atoms with Gasteiger partial charge in [-0.15, -0.1) is 5.10 Å². The van der Waals surface area contributed by atoms with Gasteiger partial charge >= 0.3 is 0 Å². The van der Waals surface area contributed by atoms with Gasteiger partial charge in [0, 0.05) is 13.1 Å². The fourth-order valence-corrected chi connectivity index (χ4v) is 4.71. The summed E-state index contributed by atoms with van der Waals surface area (Å²) in [7, 11) is 1.72. The Morgan fingerprint density at radius 2 is 1.97 bits per heavy atom. The largest absolute Gasteiger partial charge is 0.390 e. The van der Waals surface area contributed by atoms with Gasteiger partial charge in [0.2, 0.25) is 5.95 Å². The van der Waals surface area contributed by atoms with Crippen molar-refractivity contribution < 1.29 is 13.9 Å². The molecule has 180 valence electrons. The lowest BCUT2D eigenvalue weighted by Gasteiger charge is -2.33. The summed E-state index contributed by atoms with van der Waals surface area (Å²) in [5.41, 5.74) is 1.60. The number of alkyl halides is 1. The molecule has 0 aliphatic heterocycles. The number of aryl methyl sites for hydroxylation is 2. The van der Waals surface area contributed by atoms with Crippen LogP contribution in [0.3, 0.4) is 0 Å². The molecule has 4 aromatic heterocycles. The zero-order valence-electron chi connectivity index (χ0n) is 19.4. The van der Waals surface area contributed by atoms with Crippen molar-refractivity contribution in [3.05, 3.63) is 30.0 Å². The second kappa shape index (κ2) is 8.46. The molecule has 0 aromatic carbocycles. The molecule has 4 aromatic rings. The third kappa shape index (κ3) is 3.93. The van der Waals surface area contributed by atoms with Gasteiger partial charge in [-0.1, -0.05) is 0 Å². The van der Waals surface area contributed by atoms with Gasteiger partial charge in [0.25, 0.3) is 0 Å². The van der Waals surface area contributed by atoms with E-state index in [1.54, 1.807) is 30.7 Å². The molecule has 9 nitrogen and oxygen atoms in total. The normalized spacial score (nSPS) is 20.8. The molecule has 11 heteroatoms. The molecule has 0 bridgehead atoms. The molecule has 1 saturated carbocycles. The monoisotopic (exact) mass is 470 g/mol. The number of halogens is 2. The number of nitrogens with one attached hydrogen (secondary N) is 2. The van der Waals surface area contributed by atoms with E-state index in [2.05, 4.69) is 30.7 Å². The van der Waals surface area contributed by atoms with Crippen LogP contribution in [-0.4, -0.2) is 59.6 Å². The van der Waals surface area contributed by atoms with Crippen molar-refractivity contribution in [2.75, 3.05) is 24.4 Å². The quantitative estimate of drug-likeness (QED) is 0.395. The summed E-state index contributed by atoms with van der Waals surface area (Å²) in [5.74, 6) is 0.995. The number of pyridine rings is 1. The lowest BCUT2D eigenvalue weighted by Crippen LogP contribution is -2.36. The second-order valence-electron chi connectivity index (χ2n) is 9.13. The van der Waals surface area contributed by atoms with E-state index in [1.807, 2.05) is 6.92 Å². The summed E-state index contributed by atoms with van der Waals surface area (Å²) < 4.78 is 31.5. The molecule has 1 fully saturated rings. The van der Waals surface area contributed by atoms with Crippen LogP contribution in [0.5, 0.6) is 0 Å². The number of imidazole rings is 1. The molecule has 1 aliphatic rings. The number of hydrogen-bond acceptors (Lipinski definition) is 7. The Bertz CT molecular complexity index is 1350. The lowest BCUT2D eigenvalue weighted by molar-refractivity contribution is 0.0195. The molecule has 0 atom stereocenters. The Morgan fingerprint density at radius 3 is 2.68 bits per heavy atom. The number of nitrogens with zero attached hydrogens (tertiary/aromatic N) is 6. The first kappa shape index (κ1) is 22.5. The molecular formula is C23H28F2N8O. The van der Waals surface area contributed by atoms with E-state index >= 15 is 4.39 Å². The summed E-state index contributed by atoms with van der Waals surface area (Å²) in [5, 5.41) is 21.1.